The Labute approximate surface area is 205 Å². The van der Waals surface area contributed by atoms with Crippen molar-refractivity contribution in [3.8, 4) is 0 Å². The third kappa shape index (κ3) is 5.06. The van der Waals surface area contributed by atoms with E-state index in [2.05, 4.69) is 15.6 Å². The summed E-state index contributed by atoms with van der Waals surface area (Å²) in [4.78, 5) is 4.55. The molecule has 6 nitrogen and oxygen atoms in total. The summed E-state index contributed by atoms with van der Waals surface area (Å²) in [5.41, 5.74) is 0.824. The van der Waals surface area contributed by atoms with Crippen LogP contribution in [0.3, 0.4) is 0 Å². The molecule has 1 saturated carbocycles. The van der Waals surface area contributed by atoms with Crippen molar-refractivity contribution in [2.75, 3.05) is 17.2 Å². The second-order valence-electron chi connectivity index (χ2n) is 8.55. The van der Waals surface area contributed by atoms with Gasteiger partial charge in [-0.2, -0.15) is 4.31 Å². The van der Waals surface area contributed by atoms with Crippen LogP contribution in [-0.4, -0.2) is 35.4 Å². The Hall–Kier alpha value is -2.07. The molecule has 2 radical (unpaired) electrons. The number of nitrogens with one attached hydrogen (secondary N) is 2. The average molecular weight is 501 g/mol. The lowest BCUT2D eigenvalue weighted by molar-refractivity contribution is 0.238. The van der Waals surface area contributed by atoms with E-state index in [1.807, 2.05) is 29.6 Å². The molecule has 1 aromatic heterocycles. The minimum Gasteiger partial charge on any atom is -0.332 e. The van der Waals surface area contributed by atoms with Crippen molar-refractivity contribution in [3.05, 3.63) is 55.4 Å². The number of thiazole rings is 1. The minimum atomic E-state index is -3.53. The number of anilines is 2. The highest BCUT2D eigenvalue weighted by Gasteiger charge is 2.36. The standard InChI is InChI=1S/C23H26N4O2S3.CH2/c28-32(29,27-12-3-5-16-4-1-7-18(27)14-16)19-9-10-20-17(15-19)6-2-8-21(20)25-22(30)26-23-24-11-13-31-23;/h2,6,8-11,13,15-16,18H,1,3-5,7,12,14H2,(H2,24,25,26,30);1H2. The molecule has 2 fully saturated rings. The highest BCUT2D eigenvalue weighted by Crippen LogP contribution is 2.37. The van der Waals surface area contributed by atoms with Crippen molar-refractivity contribution in [3.63, 3.8) is 0 Å². The quantitative estimate of drug-likeness (QED) is 0.443. The van der Waals surface area contributed by atoms with Crippen molar-refractivity contribution in [2.24, 2.45) is 5.92 Å². The number of benzene rings is 2. The van der Waals surface area contributed by atoms with Gasteiger partial charge in [-0.15, -0.1) is 11.3 Å². The summed E-state index contributed by atoms with van der Waals surface area (Å²) >= 11 is 6.88. The van der Waals surface area contributed by atoms with E-state index in [9.17, 15) is 8.42 Å². The highest BCUT2D eigenvalue weighted by atomic mass is 32.2. The fraction of sp³-hybridized carbons (Fsp3) is 0.375. The van der Waals surface area contributed by atoms with Crippen LogP contribution in [0.4, 0.5) is 10.8 Å². The SMILES string of the molecule is O=S(=O)(c1ccc2c(NC(=S)Nc3nccs3)cccc2c1)N1CCCC2CCCC1C2.[CH2]. The van der Waals surface area contributed by atoms with Crippen LogP contribution in [0.5, 0.6) is 0 Å². The first-order valence-electron chi connectivity index (χ1n) is 11.0. The molecular weight excluding hydrogens is 472 g/mol. The van der Waals surface area contributed by atoms with Gasteiger partial charge in [0.15, 0.2) is 10.2 Å². The average Bonchev–Trinajstić information content (AvgIpc) is 3.24. The summed E-state index contributed by atoms with van der Waals surface area (Å²) in [7, 11) is -3.53. The van der Waals surface area contributed by atoms with E-state index in [1.54, 1.807) is 22.6 Å². The predicted octanol–water partition coefficient (Wildman–Crippen LogP) is 5.78. The molecule has 2 N–H and O–H groups in total. The number of fused-ring (bicyclic) bond motifs is 3. The van der Waals surface area contributed by atoms with Gasteiger partial charge in [-0.05, 0) is 67.4 Å². The Morgan fingerprint density at radius 3 is 2.79 bits per heavy atom. The molecule has 3 aromatic rings. The fourth-order valence-corrected chi connectivity index (χ4v) is 7.57. The van der Waals surface area contributed by atoms with Crippen LogP contribution in [0.25, 0.3) is 10.8 Å². The maximum absolute atomic E-state index is 13.6. The van der Waals surface area contributed by atoms with Crippen LogP contribution in [0.15, 0.2) is 52.9 Å². The lowest BCUT2D eigenvalue weighted by Crippen LogP contribution is -2.41. The summed E-state index contributed by atoms with van der Waals surface area (Å²) in [6.07, 6.45) is 8.16. The zero-order valence-corrected chi connectivity index (χ0v) is 20.8. The zero-order chi connectivity index (χ0) is 22.1. The second kappa shape index (κ2) is 10.0. The largest absolute Gasteiger partial charge is 0.332 e. The third-order valence-electron chi connectivity index (χ3n) is 6.51. The molecule has 1 saturated heterocycles. The Morgan fingerprint density at radius 1 is 1.12 bits per heavy atom. The van der Waals surface area contributed by atoms with E-state index in [1.165, 1.54) is 17.8 Å². The van der Waals surface area contributed by atoms with E-state index >= 15 is 0 Å². The van der Waals surface area contributed by atoms with Crippen LogP contribution in [0.2, 0.25) is 0 Å². The van der Waals surface area contributed by atoms with Crippen LogP contribution >= 0.6 is 23.6 Å². The lowest BCUT2D eigenvalue weighted by Gasteiger charge is -2.33. The molecule has 174 valence electrons. The third-order valence-corrected chi connectivity index (χ3v) is 9.35. The van der Waals surface area contributed by atoms with Crippen molar-refractivity contribution < 1.29 is 8.42 Å². The number of hydrogen-bond donors (Lipinski definition) is 2. The van der Waals surface area contributed by atoms with E-state index in [0.29, 0.717) is 22.5 Å². The minimum absolute atomic E-state index is 0. The molecule has 5 rings (SSSR count). The zero-order valence-electron chi connectivity index (χ0n) is 18.4. The van der Waals surface area contributed by atoms with Crippen molar-refractivity contribution in [1.82, 2.24) is 9.29 Å². The molecule has 33 heavy (non-hydrogen) atoms. The lowest BCUT2D eigenvalue weighted by atomic mass is 9.84. The monoisotopic (exact) mass is 500 g/mol. The Bertz CT molecular complexity index is 1230. The van der Waals surface area contributed by atoms with Crippen LogP contribution in [-0.2, 0) is 10.0 Å². The number of aromatic nitrogens is 1. The van der Waals surface area contributed by atoms with Crippen molar-refractivity contribution in [2.45, 2.75) is 49.5 Å². The summed E-state index contributed by atoms with van der Waals surface area (Å²) in [6, 6.07) is 11.3. The van der Waals surface area contributed by atoms with Crippen LogP contribution < -0.4 is 10.6 Å². The van der Waals surface area contributed by atoms with E-state index in [-0.39, 0.29) is 13.5 Å². The predicted molar refractivity (Wildman–Crippen MR) is 140 cm³/mol. The number of thiocarbonyl (C=S) groups is 1. The topological polar surface area (TPSA) is 74.3 Å². The first-order valence-corrected chi connectivity index (χ1v) is 13.8. The van der Waals surface area contributed by atoms with Crippen LogP contribution in [0.1, 0.15) is 38.5 Å². The van der Waals surface area contributed by atoms with Gasteiger partial charge in [0.25, 0.3) is 0 Å². The summed E-state index contributed by atoms with van der Waals surface area (Å²) in [5.74, 6) is 0.681. The molecule has 2 atom stereocenters. The second-order valence-corrected chi connectivity index (χ2v) is 11.7. The molecule has 1 aliphatic heterocycles. The Kier molecular flexibility index (Phi) is 7.33. The van der Waals surface area contributed by atoms with Crippen LogP contribution in [0, 0.1) is 13.3 Å². The number of rotatable bonds is 4. The van der Waals surface area contributed by atoms with Crippen molar-refractivity contribution in [1.29, 1.82) is 0 Å². The van der Waals surface area contributed by atoms with Gasteiger partial charge in [0.1, 0.15) is 0 Å². The first-order chi connectivity index (χ1) is 15.5. The van der Waals surface area contributed by atoms with E-state index in [4.69, 9.17) is 12.2 Å². The maximum atomic E-state index is 13.6. The van der Waals surface area contributed by atoms with Gasteiger partial charge in [0.2, 0.25) is 10.0 Å². The normalized spacial score (nSPS) is 21.1. The fourth-order valence-electron chi connectivity index (χ4n) is 5.02. The van der Waals surface area contributed by atoms with Gasteiger partial charge in [0.05, 0.1) is 4.90 Å². The maximum Gasteiger partial charge on any atom is 0.243 e. The molecule has 2 aromatic carbocycles. The molecule has 2 heterocycles. The summed E-state index contributed by atoms with van der Waals surface area (Å²) in [6.45, 7) is 0.625. The van der Waals surface area contributed by atoms with E-state index in [0.717, 1.165) is 53.7 Å². The Balaban J connectivity index is 0.00000259. The molecule has 2 unspecified atom stereocenters. The van der Waals surface area contributed by atoms with Gasteiger partial charge in [-0.3, -0.25) is 0 Å². The van der Waals surface area contributed by atoms with Gasteiger partial charge in [-0.1, -0.05) is 38.5 Å². The van der Waals surface area contributed by atoms with Gasteiger partial charge in [0, 0.05) is 35.2 Å². The summed E-state index contributed by atoms with van der Waals surface area (Å²) < 4.78 is 29.0. The number of hydrogen-bond acceptors (Lipinski definition) is 5. The number of nitrogens with zero attached hydrogens (tertiary/aromatic N) is 2. The highest BCUT2D eigenvalue weighted by molar-refractivity contribution is 7.89. The summed E-state index contributed by atoms with van der Waals surface area (Å²) in [5, 5.41) is 11.1. The molecule has 2 bridgehead atoms. The smallest absolute Gasteiger partial charge is 0.243 e. The molecule has 2 aliphatic rings. The molecule has 9 heteroatoms. The molecule has 0 amide bonds. The van der Waals surface area contributed by atoms with Gasteiger partial charge in [-0.25, -0.2) is 13.4 Å². The van der Waals surface area contributed by atoms with Crippen molar-refractivity contribution >= 4 is 60.3 Å². The van der Waals surface area contributed by atoms with E-state index < -0.39 is 10.0 Å². The molecule has 1 aliphatic carbocycles. The number of sulfonamides is 1. The molecule has 0 spiro atoms. The molecular formula is C24H28N4O2S3. The first kappa shape index (κ1) is 24.1. The van der Waals surface area contributed by atoms with Gasteiger partial charge < -0.3 is 10.6 Å². The van der Waals surface area contributed by atoms with Gasteiger partial charge >= 0.3 is 0 Å². The Morgan fingerprint density at radius 2 is 1.97 bits per heavy atom.